The summed E-state index contributed by atoms with van der Waals surface area (Å²) in [6.07, 6.45) is 3.26. The number of unbranched alkanes of at least 4 members (excludes halogenated alkanes) is 1. The fraction of sp³-hybridized carbons (Fsp3) is 0.364. The second-order valence-electron chi connectivity index (χ2n) is 3.25. The van der Waals surface area contributed by atoms with Gasteiger partial charge >= 0.3 is 0 Å². The average molecular weight is 191 g/mol. The predicted octanol–water partition coefficient (Wildman–Crippen LogP) is 1.28. The third-order valence-corrected chi connectivity index (χ3v) is 2.01. The highest BCUT2D eigenvalue weighted by Crippen LogP contribution is 2.04. The van der Waals surface area contributed by atoms with Gasteiger partial charge in [-0.15, -0.1) is 0 Å². The third kappa shape index (κ3) is 4.50. The Morgan fingerprint density at radius 3 is 2.43 bits per heavy atom. The van der Waals surface area contributed by atoms with E-state index in [9.17, 15) is 0 Å². The van der Waals surface area contributed by atoms with E-state index in [1.165, 1.54) is 5.56 Å². The third-order valence-electron chi connectivity index (χ3n) is 2.01. The first-order chi connectivity index (χ1) is 6.79. The summed E-state index contributed by atoms with van der Waals surface area (Å²) in [5, 5.41) is 0. The highest BCUT2D eigenvalue weighted by Gasteiger charge is 1.91. The van der Waals surface area contributed by atoms with Crippen molar-refractivity contribution in [2.45, 2.75) is 19.3 Å². The van der Waals surface area contributed by atoms with Crippen molar-refractivity contribution >= 4 is 5.96 Å². The monoisotopic (exact) mass is 191 g/mol. The molecule has 3 nitrogen and oxygen atoms in total. The maximum atomic E-state index is 5.21. The molecule has 0 aromatic heterocycles. The number of hydrogen-bond donors (Lipinski definition) is 2. The van der Waals surface area contributed by atoms with Gasteiger partial charge in [-0.2, -0.15) is 0 Å². The van der Waals surface area contributed by atoms with Crippen molar-refractivity contribution in [3.8, 4) is 0 Å². The molecule has 0 fully saturated rings. The zero-order valence-electron chi connectivity index (χ0n) is 8.32. The lowest BCUT2D eigenvalue weighted by Crippen LogP contribution is -2.22. The van der Waals surface area contributed by atoms with Crippen LogP contribution in [0.5, 0.6) is 0 Å². The van der Waals surface area contributed by atoms with Crippen LogP contribution in [-0.4, -0.2) is 12.5 Å². The Bertz CT molecular complexity index is 276. The molecule has 3 heteroatoms. The van der Waals surface area contributed by atoms with Crippen LogP contribution in [0.1, 0.15) is 18.4 Å². The quantitative estimate of drug-likeness (QED) is 0.418. The Morgan fingerprint density at radius 2 is 1.79 bits per heavy atom. The Kier molecular flexibility index (Phi) is 4.55. The molecule has 0 saturated carbocycles. The van der Waals surface area contributed by atoms with Crippen molar-refractivity contribution < 1.29 is 0 Å². The first-order valence-corrected chi connectivity index (χ1v) is 4.88. The lowest BCUT2D eigenvalue weighted by Gasteiger charge is -1.99. The molecule has 4 N–H and O–H groups in total. The van der Waals surface area contributed by atoms with E-state index < -0.39 is 0 Å². The van der Waals surface area contributed by atoms with Crippen molar-refractivity contribution in [3.63, 3.8) is 0 Å². The lowest BCUT2D eigenvalue weighted by molar-refractivity contribution is 0.744. The molecule has 0 heterocycles. The first kappa shape index (κ1) is 10.6. The van der Waals surface area contributed by atoms with Gasteiger partial charge < -0.3 is 11.5 Å². The Hall–Kier alpha value is -1.51. The summed E-state index contributed by atoms with van der Waals surface area (Å²) in [6.45, 7) is 0.731. The summed E-state index contributed by atoms with van der Waals surface area (Å²) in [5.41, 5.74) is 11.8. The van der Waals surface area contributed by atoms with Gasteiger partial charge in [-0.05, 0) is 24.8 Å². The summed E-state index contributed by atoms with van der Waals surface area (Å²) in [7, 11) is 0. The first-order valence-electron chi connectivity index (χ1n) is 4.88. The van der Waals surface area contributed by atoms with E-state index in [-0.39, 0.29) is 5.96 Å². The number of aliphatic imine (C=N–C) groups is 1. The number of aryl methyl sites for hydroxylation is 1. The highest BCUT2D eigenvalue weighted by atomic mass is 15.0. The largest absolute Gasteiger partial charge is 0.370 e. The van der Waals surface area contributed by atoms with Gasteiger partial charge in [-0.3, -0.25) is 4.99 Å². The van der Waals surface area contributed by atoms with E-state index in [2.05, 4.69) is 29.3 Å². The van der Waals surface area contributed by atoms with E-state index in [0.717, 1.165) is 25.8 Å². The molecular weight excluding hydrogens is 174 g/mol. The van der Waals surface area contributed by atoms with E-state index in [4.69, 9.17) is 11.5 Å². The van der Waals surface area contributed by atoms with Crippen LogP contribution in [0, 0.1) is 0 Å². The normalized spacial score (nSPS) is 9.71. The average Bonchev–Trinajstić information content (AvgIpc) is 2.18. The number of hydrogen-bond acceptors (Lipinski definition) is 1. The van der Waals surface area contributed by atoms with Crippen LogP contribution < -0.4 is 11.5 Å². The number of rotatable bonds is 5. The van der Waals surface area contributed by atoms with Crippen LogP contribution in [0.4, 0.5) is 0 Å². The lowest BCUT2D eigenvalue weighted by atomic mass is 10.1. The number of guanidine groups is 1. The van der Waals surface area contributed by atoms with Gasteiger partial charge in [0.05, 0.1) is 0 Å². The van der Waals surface area contributed by atoms with Gasteiger partial charge in [-0.1, -0.05) is 30.3 Å². The standard InChI is InChI=1S/C11H17N3/c12-11(13)14-9-5-4-8-10-6-2-1-3-7-10/h1-3,6-7H,4-5,8-9H2,(H4,12,13,14). The van der Waals surface area contributed by atoms with Crippen LogP contribution in [0.25, 0.3) is 0 Å². The molecule has 0 saturated heterocycles. The maximum Gasteiger partial charge on any atom is 0.185 e. The maximum absolute atomic E-state index is 5.21. The van der Waals surface area contributed by atoms with Gasteiger partial charge in [0.25, 0.3) is 0 Å². The summed E-state index contributed by atoms with van der Waals surface area (Å²) in [4.78, 5) is 3.93. The topological polar surface area (TPSA) is 64.4 Å². The summed E-state index contributed by atoms with van der Waals surface area (Å²) in [6, 6.07) is 10.4. The molecule has 0 aliphatic heterocycles. The van der Waals surface area contributed by atoms with Gasteiger partial charge in [-0.25, -0.2) is 0 Å². The minimum atomic E-state index is 0.185. The molecular formula is C11H17N3. The minimum absolute atomic E-state index is 0.185. The van der Waals surface area contributed by atoms with E-state index in [1.807, 2.05) is 6.07 Å². The molecule has 14 heavy (non-hydrogen) atoms. The second-order valence-corrected chi connectivity index (χ2v) is 3.25. The van der Waals surface area contributed by atoms with Crippen LogP contribution >= 0.6 is 0 Å². The molecule has 0 radical (unpaired) electrons. The van der Waals surface area contributed by atoms with Crippen molar-refractivity contribution in [3.05, 3.63) is 35.9 Å². The molecule has 0 aliphatic rings. The van der Waals surface area contributed by atoms with Gasteiger partial charge in [0.1, 0.15) is 0 Å². The van der Waals surface area contributed by atoms with Crippen LogP contribution in [0.15, 0.2) is 35.3 Å². The number of nitrogens with zero attached hydrogens (tertiary/aromatic N) is 1. The molecule has 0 unspecified atom stereocenters. The molecule has 0 amide bonds. The summed E-state index contributed by atoms with van der Waals surface area (Å²) in [5.74, 6) is 0.185. The molecule has 1 aromatic rings. The molecule has 76 valence electrons. The molecule has 1 aromatic carbocycles. The summed E-state index contributed by atoms with van der Waals surface area (Å²) >= 11 is 0. The molecule has 0 aliphatic carbocycles. The van der Waals surface area contributed by atoms with Gasteiger partial charge in [0.2, 0.25) is 0 Å². The van der Waals surface area contributed by atoms with E-state index in [0.29, 0.717) is 0 Å². The second kappa shape index (κ2) is 6.02. The Balaban J connectivity index is 2.14. The fourth-order valence-electron chi connectivity index (χ4n) is 1.29. The highest BCUT2D eigenvalue weighted by molar-refractivity contribution is 5.75. The van der Waals surface area contributed by atoms with Crippen molar-refractivity contribution in [2.75, 3.05) is 6.54 Å². The van der Waals surface area contributed by atoms with Crippen LogP contribution in [-0.2, 0) is 6.42 Å². The molecule has 1 rings (SSSR count). The smallest absolute Gasteiger partial charge is 0.185 e. The van der Waals surface area contributed by atoms with Gasteiger partial charge in [0.15, 0.2) is 5.96 Å². The fourth-order valence-corrected chi connectivity index (χ4v) is 1.29. The van der Waals surface area contributed by atoms with E-state index in [1.54, 1.807) is 0 Å². The zero-order chi connectivity index (χ0) is 10.2. The van der Waals surface area contributed by atoms with Crippen molar-refractivity contribution in [2.24, 2.45) is 16.5 Å². The summed E-state index contributed by atoms with van der Waals surface area (Å²) < 4.78 is 0. The van der Waals surface area contributed by atoms with Crippen LogP contribution in [0.2, 0.25) is 0 Å². The molecule has 0 spiro atoms. The SMILES string of the molecule is NC(N)=NCCCCc1ccccc1. The Morgan fingerprint density at radius 1 is 1.07 bits per heavy atom. The Labute approximate surface area is 84.8 Å². The van der Waals surface area contributed by atoms with Crippen LogP contribution in [0.3, 0.4) is 0 Å². The number of benzene rings is 1. The molecule has 0 atom stereocenters. The molecule has 0 bridgehead atoms. The zero-order valence-corrected chi connectivity index (χ0v) is 8.32. The predicted molar refractivity (Wildman–Crippen MR) is 60.1 cm³/mol. The van der Waals surface area contributed by atoms with Gasteiger partial charge in [0, 0.05) is 6.54 Å². The van der Waals surface area contributed by atoms with E-state index >= 15 is 0 Å². The minimum Gasteiger partial charge on any atom is -0.370 e. The van der Waals surface area contributed by atoms with Crippen molar-refractivity contribution in [1.82, 2.24) is 0 Å². The number of nitrogens with two attached hydrogens (primary N) is 2. The van der Waals surface area contributed by atoms with Crippen molar-refractivity contribution in [1.29, 1.82) is 0 Å².